The number of urea groups is 1. The van der Waals surface area contributed by atoms with Crippen LogP contribution in [0.25, 0.3) is 0 Å². The van der Waals surface area contributed by atoms with Crippen LogP contribution in [0.15, 0.2) is 0 Å². The van der Waals surface area contributed by atoms with Crippen LogP contribution in [0.4, 0.5) is 4.79 Å². The molecule has 2 fully saturated rings. The number of hydrogen-bond acceptors (Lipinski definition) is 2. The lowest BCUT2D eigenvalue weighted by molar-refractivity contribution is -0.125. The van der Waals surface area contributed by atoms with Crippen molar-refractivity contribution in [2.24, 2.45) is 16.7 Å². The Labute approximate surface area is 90.0 Å². The van der Waals surface area contributed by atoms with Crippen LogP contribution >= 0.6 is 0 Å². The summed E-state index contributed by atoms with van der Waals surface area (Å²) in [6.07, 6.45) is 0. The molecule has 2 rings (SSSR count). The van der Waals surface area contributed by atoms with Crippen molar-refractivity contribution in [2.75, 3.05) is 13.1 Å². The van der Waals surface area contributed by atoms with E-state index in [9.17, 15) is 9.59 Å². The van der Waals surface area contributed by atoms with Crippen molar-refractivity contribution < 1.29 is 9.59 Å². The Kier molecular flexibility index (Phi) is 1.91. The minimum Gasteiger partial charge on any atom is -0.329 e. The molecular weight excluding hydrogens is 192 g/mol. The largest absolute Gasteiger partial charge is 0.329 e. The first-order valence-electron chi connectivity index (χ1n) is 5.36. The van der Waals surface area contributed by atoms with Crippen LogP contribution in [-0.2, 0) is 4.79 Å². The second-order valence-electron chi connectivity index (χ2n) is 5.66. The predicted molar refractivity (Wildman–Crippen MR) is 56.2 cm³/mol. The lowest BCUT2D eigenvalue weighted by atomic mass is 10.0. The molecule has 15 heavy (non-hydrogen) atoms. The van der Waals surface area contributed by atoms with Crippen LogP contribution in [-0.4, -0.2) is 29.9 Å². The van der Waals surface area contributed by atoms with Crippen molar-refractivity contribution in [3.8, 4) is 0 Å². The number of rotatable bonds is 2. The Morgan fingerprint density at radius 1 is 1.27 bits per heavy atom. The van der Waals surface area contributed by atoms with Crippen LogP contribution in [0, 0.1) is 16.7 Å². The van der Waals surface area contributed by atoms with Crippen LogP contribution < -0.4 is 5.32 Å². The van der Waals surface area contributed by atoms with E-state index >= 15 is 0 Å². The van der Waals surface area contributed by atoms with Gasteiger partial charge in [0.15, 0.2) is 0 Å². The number of carbonyl (C=O) groups is 2. The fourth-order valence-electron chi connectivity index (χ4n) is 2.61. The molecule has 1 saturated heterocycles. The van der Waals surface area contributed by atoms with Gasteiger partial charge in [-0.2, -0.15) is 0 Å². The number of amides is 3. The van der Waals surface area contributed by atoms with Crippen molar-refractivity contribution in [1.29, 1.82) is 0 Å². The van der Waals surface area contributed by atoms with E-state index in [1.807, 2.05) is 0 Å². The first-order chi connectivity index (χ1) is 6.78. The van der Waals surface area contributed by atoms with E-state index < -0.39 is 0 Å². The lowest BCUT2D eigenvalue weighted by Crippen LogP contribution is -2.33. The molecule has 3 amide bonds. The van der Waals surface area contributed by atoms with Gasteiger partial charge in [-0.25, -0.2) is 4.79 Å². The highest BCUT2D eigenvalue weighted by molar-refractivity contribution is 6.01. The van der Waals surface area contributed by atoms with Crippen LogP contribution in [0.3, 0.4) is 0 Å². The van der Waals surface area contributed by atoms with E-state index in [4.69, 9.17) is 0 Å². The SMILES string of the molecule is CC1(C)C(CN2C(=O)CNC2=O)C1(C)C. The van der Waals surface area contributed by atoms with Crippen molar-refractivity contribution in [2.45, 2.75) is 27.7 Å². The summed E-state index contributed by atoms with van der Waals surface area (Å²) in [5, 5.41) is 2.54. The summed E-state index contributed by atoms with van der Waals surface area (Å²) >= 11 is 0. The van der Waals surface area contributed by atoms with Crippen molar-refractivity contribution in [3.05, 3.63) is 0 Å². The Balaban J connectivity index is 2.06. The summed E-state index contributed by atoms with van der Waals surface area (Å²) in [6.45, 7) is 9.48. The highest BCUT2D eigenvalue weighted by Crippen LogP contribution is 2.68. The number of carbonyl (C=O) groups excluding carboxylic acids is 2. The van der Waals surface area contributed by atoms with E-state index in [2.05, 4.69) is 33.0 Å². The average molecular weight is 210 g/mol. The molecule has 0 aromatic heterocycles. The minimum atomic E-state index is -0.237. The monoisotopic (exact) mass is 210 g/mol. The summed E-state index contributed by atoms with van der Waals surface area (Å²) in [4.78, 5) is 24.1. The Morgan fingerprint density at radius 2 is 1.80 bits per heavy atom. The standard InChI is InChI=1S/C11H18N2O2/c1-10(2)7(11(10,3)4)6-13-8(14)5-12-9(13)15/h7H,5-6H2,1-4H3,(H,12,15). The molecular formula is C11H18N2O2. The molecule has 4 heteroatoms. The van der Waals surface area contributed by atoms with Crippen LogP contribution in [0.2, 0.25) is 0 Å². The number of hydrogen-bond donors (Lipinski definition) is 1. The molecule has 4 nitrogen and oxygen atoms in total. The third-order valence-electron chi connectivity index (χ3n) is 4.62. The molecule has 1 aliphatic carbocycles. The Hall–Kier alpha value is -1.06. The highest BCUT2D eigenvalue weighted by Gasteiger charge is 2.65. The van der Waals surface area contributed by atoms with E-state index in [0.717, 1.165) is 0 Å². The number of nitrogens with one attached hydrogen (secondary N) is 1. The predicted octanol–water partition coefficient (Wildman–Crippen LogP) is 1.22. The fourth-order valence-corrected chi connectivity index (χ4v) is 2.61. The first-order valence-corrected chi connectivity index (χ1v) is 5.36. The molecule has 0 atom stereocenters. The van der Waals surface area contributed by atoms with E-state index in [-0.39, 0.29) is 29.3 Å². The normalized spacial score (nSPS) is 28.1. The molecule has 1 saturated carbocycles. The maximum Gasteiger partial charge on any atom is 0.324 e. The Morgan fingerprint density at radius 3 is 2.13 bits per heavy atom. The van der Waals surface area contributed by atoms with Gasteiger partial charge in [0.2, 0.25) is 5.91 Å². The third-order valence-corrected chi connectivity index (χ3v) is 4.62. The van der Waals surface area contributed by atoms with Crippen molar-refractivity contribution in [3.63, 3.8) is 0 Å². The van der Waals surface area contributed by atoms with Crippen LogP contribution in [0.5, 0.6) is 0 Å². The maximum atomic E-state index is 11.4. The van der Waals surface area contributed by atoms with Gasteiger partial charge in [-0.1, -0.05) is 27.7 Å². The lowest BCUT2D eigenvalue weighted by Gasteiger charge is -2.13. The zero-order chi connectivity index (χ0) is 11.4. The van der Waals surface area contributed by atoms with Crippen LogP contribution in [0.1, 0.15) is 27.7 Å². The second kappa shape index (κ2) is 2.74. The van der Waals surface area contributed by atoms with Gasteiger partial charge in [-0.15, -0.1) is 0 Å². The molecule has 0 spiro atoms. The highest BCUT2D eigenvalue weighted by atomic mass is 16.2. The second-order valence-corrected chi connectivity index (χ2v) is 5.66. The third kappa shape index (κ3) is 1.27. The topological polar surface area (TPSA) is 49.4 Å². The van der Waals surface area contributed by atoms with E-state index in [0.29, 0.717) is 12.5 Å². The Bertz CT molecular complexity index is 303. The van der Waals surface area contributed by atoms with Gasteiger partial charge in [0.25, 0.3) is 0 Å². The summed E-state index contributed by atoms with van der Waals surface area (Å²) < 4.78 is 0. The zero-order valence-electron chi connectivity index (χ0n) is 9.76. The molecule has 0 aromatic rings. The van der Waals surface area contributed by atoms with Gasteiger partial charge >= 0.3 is 6.03 Å². The summed E-state index contributed by atoms with van der Waals surface area (Å²) in [7, 11) is 0. The molecule has 0 unspecified atom stereocenters. The summed E-state index contributed by atoms with van der Waals surface area (Å²) in [6, 6.07) is -0.237. The van der Waals surface area contributed by atoms with Gasteiger partial charge in [0.05, 0.1) is 6.54 Å². The minimum absolute atomic E-state index is 0.0986. The molecule has 84 valence electrons. The van der Waals surface area contributed by atoms with Crippen molar-refractivity contribution in [1.82, 2.24) is 10.2 Å². The zero-order valence-corrected chi connectivity index (χ0v) is 9.76. The average Bonchev–Trinajstić information content (AvgIpc) is 2.41. The number of imide groups is 1. The van der Waals surface area contributed by atoms with Gasteiger partial charge in [-0.05, 0) is 16.7 Å². The molecule has 1 N–H and O–H groups in total. The molecule has 1 aliphatic heterocycles. The summed E-state index contributed by atoms with van der Waals surface area (Å²) in [5.74, 6) is 0.316. The first kappa shape index (κ1) is 10.5. The molecule has 0 radical (unpaired) electrons. The molecule has 0 bridgehead atoms. The van der Waals surface area contributed by atoms with Gasteiger partial charge in [-0.3, -0.25) is 9.69 Å². The molecule has 1 heterocycles. The van der Waals surface area contributed by atoms with Gasteiger partial charge in [0, 0.05) is 6.54 Å². The number of nitrogens with zero attached hydrogens (tertiary/aromatic N) is 1. The quantitative estimate of drug-likeness (QED) is 0.697. The van der Waals surface area contributed by atoms with E-state index in [1.54, 1.807) is 0 Å². The van der Waals surface area contributed by atoms with Gasteiger partial charge < -0.3 is 5.32 Å². The van der Waals surface area contributed by atoms with Gasteiger partial charge in [0.1, 0.15) is 0 Å². The smallest absolute Gasteiger partial charge is 0.324 e. The molecule has 2 aliphatic rings. The fraction of sp³-hybridized carbons (Fsp3) is 0.818. The molecule has 0 aromatic carbocycles. The van der Waals surface area contributed by atoms with Crippen molar-refractivity contribution >= 4 is 11.9 Å². The van der Waals surface area contributed by atoms with E-state index in [1.165, 1.54) is 4.90 Å². The summed E-state index contributed by atoms with van der Waals surface area (Å²) in [5.41, 5.74) is 0.437. The maximum absolute atomic E-state index is 11.4.